The second-order valence-electron chi connectivity index (χ2n) is 4.00. The Labute approximate surface area is 106 Å². The molecule has 0 saturated carbocycles. The van der Waals surface area contributed by atoms with E-state index >= 15 is 0 Å². The van der Waals surface area contributed by atoms with Crippen LogP contribution in [0.4, 0.5) is 0 Å². The number of carbonyl (C=O) groups excluding carboxylic acids is 1. The summed E-state index contributed by atoms with van der Waals surface area (Å²) >= 11 is 0. The lowest BCUT2D eigenvalue weighted by atomic mass is 9.98. The van der Waals surface area contributed by atoms with Crippen molar-refractivity contribution >= 4 is 5.97 Å². The Bertz CT molecular complexity index is 270. The van der Waals surface area contributed by atoms with Gasteiger partial charge in [0.2, 0.25) is 0 Å². The van der Waals surface area contributed by atoms with Crippen LogP contribution >= 0.6 is 0 Å². The van der Waals surface area contributed by atoms with E-state index in [0.29, 0.717) is 0 Å². The van der Waals surface area contributed by atoms with Crippen molar-refractivity contribution in [3.8, 4) is 0 Å². The quantitative estimate of drug-likeness (QED) is 0.658. The van der Waals surface area contributed by atoms with Crippen LogP contribution in [0.3, 0.4) is 0 Å². The highest BCUT2D eigenvalue weighted by atomic mass is 16.7. The molecule has 106 valence electrons. The van der Waals surface area contributed by atoms with Crippen molar-refractivity contribution < 1.29 is 33.6 Å². The number of ether oxygens (including phenoxy) is 5. The van der Waals surface area contributed by atoms with E-state index in [9.17, 15) is 9.90 Å². The predicted octanol–water partition coefficient (Wildman–Crippen LogP) is -0.688. The summed E-state index contributed by atoms with van der Waals surface area (Å²) in [7, 11) is 4.46. The average Bonchev–Trinajstić information content (AvgIpc) is 2.31. The molecule has 1 rings (SSSR count). The fourth-order valence-corrected chi connectivity index (χ4v) is 2.06. The summed E-state index contributed by atoms with van der Waals surface area (Å²) in [6.45, 7) is 1.49. The van der Waals surface area contributed by atoms with E-state index in [2.05, 4.69) is 0 Å². The molecule has 0 aromatic heterocycles. The number of aliphatic hydroxyl groups is 1. The van der Waals surface area contributed by atoms with Crippen LogP contribution in [0.5, 0.6) is 0 Å². The first kappa shape index (κ1) is 15.3. The first-order valence-corrected chi connectivity index (χ1v) is 5.60. The van der Waals surface area contributed by atoms with Crippen LogP contribution < -0.4 is 0 Å². The van der Waals surface area contributed by atoms with Crippen LogP contribution in [0.1, 0.15) is 6.92 Å². The summed E-state index contributed by atoms with van der Waals surface area (Å²) in [5, 5.41) is 9.84. The highest BCUT2D eigenvalue weighted by Gasteiger charge is 2.47. The Morgan fingerprint density at radius 1 is 1.17 bits per heavy atom. The van der Waals surface area contributed by atoms with E-state index in [1.165, 1.54) is 28.3 Å². The van der Waals surface area contributed by atoms with Gasteiger partial charge in [-0.3, -0.25) is 4.79 Å². The third kappa shape index (κ3) is 3.39. The van der Waals surface area contributed by atoms with Crippen molar-refractivity contribution in [2.45, 2.75) is 37.6 Å². The minimum absolute atomic E-state index is 0.238. The third-order valence-electron chi connectivity index (χ3n) is 2.79. The molecule has 0 unspecified atom stereocenters. The highest BCUT2D eigenvalue weighted by Crippen LogP contribution is 2.26. The molecule has 18 heavy (non-hydrogen) atoms. The van der Waals surface area contributed by atoms with E-state index in [1.807, 2.05) is 0 Å². The van der Waals surface area contributed by atoms with Gasteiger partial charge in [-0.2, -0.15) is 0 Å². The summed E-state index contributed by atoms with van der Waals surface area (Å²) in [4.78, 5) is 11.0. The van der Waals surface area contributed by atoms with Gasteiger partial charge in [-0.05, 0) is 0 Å². The van der Waals surface area contributed by atoms with Gasteiger partial charge in [-0.25, -0.2) is 0 Å². The smallest absolute Gasteiger partial charge is 0.303 e. The van der Waals surface area contributed by atoms with Crippen molar-refractivity contribution in [2.75, 3.05) is 27.9 Å². The second-order valence-corrected chi connectivity index (χ2v) is 4.00. The molecule has 1 N–H and O–H groups in total. The number of aliphatic hydroxyl groups excluding tert-OH is 1. The zero-order chi connectivity index (χ0) is 13.7. The minimum atomic E-state index is -1.27. The molecular formula is C11H20O7. The molecule has 1 saturated heterocycles. The van der Waals surface area contributed by atoms with E-state index in [4.69, 9.17) is 23.7 Å². The van der Waals surface area contributed by atoms with Gasteiger partial charge in [-0.15, -0.1) is 0 Å². The molecule has 0 spiro atoms. The summed E-state index contributed by atoms with van der Waals surface area (Å²) in [6.07, 6.45) is -3.81. The van der Waals surface area contributed by atoms with Crippen molar-refractivity contribution in [3.05, 3.63) is 0 Å². The fourth-order valence-electron chi connectivity index (χ4n) is 2.06. The normalized spacial score (nSPS) is 36.4. The molecule has 0 aromatic carbocycles. The fraction of sp³-hybridized carbons (Fsp3) is 0.909. The van der Waals surface area contributed by atoms with E-state index in [0.717, 1.165) is 0 Å². The molecule has 0 bridgehead atoms. The third-order valence-corrected chi connectivity index (χ3v) is 2.79. The molecule has 5 atom stereocenters. The van der Waals surface area contributed by atoms with E-state index in [1.54, 1.807) is 0 Å². The van der Waals surface area contributed by atoms with Crippen molar-refractivity contribution in [3.63, 3.8) is 0 Å². The zero-order valence-corrected chi connectivity index (χ0v) is 11.0. The molecule has 7 heteroatoms. The SMILES string of the molecule is COC[C@H]1O[C@@H](O)[C@H](OC(C)=O)[C@@H](OC)[C@@H]1OC. The Balaban J connectivity index is 2.85. The largest absolute Gasteiger partial charge is 0.454 e. The van der Waals surface area contributed by atoms with Gasteiger partial charge in [0.1, 0.15) is 18.3 Å². The molecule has 0 radical (unpaired) electrons. The average molecular weight is 264 g/mol. The van der Waals surface area contributed by atoms with Gasteiger partial charge in [0.05, 0.1) is 6.61 Å². The van der Waals surface area contributed by atoms with Crippen LogP contribution in [0.25, 0.3) is 0 Å². The maximum absolute atomic E-state index is 11.0. The van der Waals surface area contributed by atoms with Crippen molar-refractivity contribution in [2.24, 2.45) is 0 Å². The van der Waals surface area contributed by atoms with Gasteiger partial charge in [-0.1, -0.05) is 0 Å². The number of carbonyl (C=O) groups is 1. The van der Waals surface area contributed by atoms with Gasteiger partial charge in [0.25, 0.3) is 0 Å². The molecule has 7 nitrogen and oxygen atoms in total. The van der Waals surface area contributed by atoms with Crippen LogP contribution in [-0.2, 0) is 28.5 Å². The highest BCUT2D eigenvalue weighted by molar-refractivity contribution is 5.66. The molecule has 1 heterocycles. The van der Waals surface area contributed by atoms with Crippen molar-refractivity contribution in [1.29, 1.82) is 0 Å². The Hall–Kier alpha value is -0.730. The standard InChI is InChI=1S/C11H20O7/c1-6(12)17-10-9(16-4)8(15-3)7(5-14-2)18-11(10)13/h7-11,13H,5H2,1-4H3/t7-,8-,9+,10-,11-/m1/s1. The Morgan fingerprint density at radius 2 is 1.78 bits per heavy atom. The van der Waals surface area contributed by atoms with Crippen LogP contribution in [0.15, 0.2) is 0 Å². The molecule has 0 aromatic rings. The summed E-state index contributed by atoms with van der Waals surface area (Å²) in [5.74, 6) is -0.523. The Morgan fingerprint density at radius 3 is 2.22 bits per heavy atom. The second kappa shape index (κ2) is 7.01. The monoisotopic (exact) mass is 264 g/mol. The summed E-state index contributed by atoms with van der Waals surface area (Å²) < 4.78 is 25.9. The minimum Gasteiger partial charge on any atom is -0.454 e. The van der Waals surface area contributed by atoms with Gasteiger partial charge >= 0.3 is 5.97 Å². The topological polar surface area (TPSA) is 83.5 Å². The number of hydrogen-bond donors (Lipinski definition) is 1. The van der Waals surface area contributed by atoms with Crippen LogP contribution in [0.2, 0.25) is 0 Å². The molecule has 1 aliphatic heterocycles. The molecule has 0 amide bonds. The van der Waals surface area contributed by atoms with Crippen LogP contribution in [0, 0.1) is 0 Å². The Kier molecular flexibility index (Phi) is 5.97. The number of esters is 1. The zero-order valence-electron chi connectivity index (χ0n) is 11.0. The lowest BCUT2D eigenvalue weighted by molar-refractivity contribution is -0.298. The first-order valence-electron chi connectivity index (χ1n) is 5.60. The van der Waals surface area contributed by atoms with Crippen LogP contribution in [-0.4, -0.2) is 69.7 Å². The summed E-state index contributed by atoms with van der Waals surface area (Å²) in [6, 6.07) is 0. The maximum Gasteiger partial charge on any atom is 0.303 e. The van der Waals surface area contributed by atoms with Gasteiger partial charge in [0.15, 0.2) is 12.4 Å². The van der Waals surface area contributed by atoms with Gasteiger partial charge in [0, 0.05) is 28.3 Å². The molecule has 1 fully saturated rings. The number of methoxy groups -OCH3 is 3. The van der Waals surface area contributed by atoms with E-state index < -0.39 is 36.7 Å². The molecular weight excluding hydrogens is 244 g/mol. The lowest BCUT2D eigenvalue weighted by Gasteiger charge is -2.42. The number of rotatable bonds is 5. The van der Waals surface area contributed by atoms with Crippen molar-refractivity contribution in [1.82, 2.24) is 0 Å². The maximum atomic E-state index is 11.0. The summed E-state index contributed by atoms with van der Waals surface area (Å²) in [5.41, 5.74) is 0. The molecule has 1 aliphatic rings. The lowest BCUT2D eigenvalue weighted by Crippen LogP contribution is -2.61. The molecule has 0 aliphatic carbocycles. The first-order chi connectivity index (χ1) is 8.54. The number of hydrogen-bond acceptors (Lipinski definition) is 7. The van der Waals surface area contributed by atoms with E-state index in [-0.39, 0.29) is 6.61 Å². The van der Waals surface area contributed by atoms with Gasteiger partial charge < -0.3 is 28.8 Å². The predicted molar refractivity (Wildman–Crippen MR) is 59.9 cm³/mol.